The molecule has 5 aromatic rings. The first kappa shape index (κ1) is 35.2. The highest BCUT2D eigenvalue weighted by atomic mass is 35.5. The monoisotopic (exact) mass is 727 g/mol. The number of hydrogen-bond acceptors (Lipinski definition) is 7. The molecule has 7 rings (SSSR count). The summed E-state index contributed by atoms with van der Waals surface area (Å²) in [6.45, 7) is 8.61. The van der Waals surface area contributed by atoms with E-state index in [1.54, 1.807) is 36.6 Å². The molecule has 1 atom stereocenters. The van der Waals surface area contributed by atoms with E-state index in [2.05, 4.69) is 15.3 Å². The number of rotatable bonds is 10. The Labute approximate surface area is 306 Å². The summed E-state index contributed by atoms with van der Waals surface area (Å²) in [5, 5.41) is 4.28. The molecule has 12 nitrogen and oxygen atoms in total. The fourth-order valence-electron chi connectivity index (χ4n) is 6.65. The molecule has 0 radical (unpaired) electrons. The third-order valence-electron chi connectivity index (χ3n) is 9.06. The Hall–Kier alpha value is -5.20. The summed E-state index contributed by atoms with van der Waals surface area (Å²) in [5.74, 6) is 0.907. The summed E-state index contributed by atoms with van der Waals surface area (Å²) in [6.07, 6.45) is -0.505. The molecule has 272 valence electrons. The fraction of sp³-hybridized carbons (Fsp3) is 0.359. The maximum atomic E-state index is 14.3. The Morgan fingerprint density at radius 1 is 0.942 bits per heavy atom. The zero-order chi connectivity index (χ0) is 36.4. The van der Waals surface area contributed by atoms with Crippen molar-refractivity contribution in [3.8, 4) is 11.5 Å². The third-order valence-corrected chi connectivity index (χ3v) is 9.43. The van der Waals surface area contributed by atoms with Crippen molar-refractivity contribution in [1.82, 2.24) is 20.2 Å². The molecule has 13 heteroatoms. The lowest BCUT2D eigenvalue weighted by molar-refractivity contribution is 0.0299. The molecule has 1 saturated heterocycles. The third kappa shape index (κ3) is 7.54. The molecule has 2 aromatic heterocycles. The van der Waals surface area contributed by atoms with E-state index in [4.69, 9.17) is 30.5 Å². The number of H-pyrrole nitrogens is 2. The van der Waals surface area contributed by atoms with Crippen molar-refractivity contribution in [2.75, 3.05) is 56.8 Å². The quantitative estimate of drug-likeness (QED) is 0.109. The predicted octanol–water partition coefficient (Wildman–Crippen LogP) is 6.59. The van der Waals surface area contributed by atoms with E-state index in [-0.39, 0.29) is 36.8 Å². The first-order valence-electron chi connectivity index (χ1n) is 17.4. The van der Waals surface area contributed by atoms with Crippen molar-refractivity contribution in [3.05, 3.63) is 89.2 Å². The summed E-state index contributed by atoms with van der Waals surface area (Å²) in [6, 6.07) is 20.9. The minimum atomic E-state index is -0.582. The Morgan fingerprint density at radius 2 is 1.71 bits per heavy atom. The largest absolute Gasteiger partial charge is 0.492 e. The van der Waals surface area contributed by atoms with E-state index >= 15 is 0 Å². The summed E-state index contributed by atoms with van der Waals surface area (Å²) in [4.78, 5) is 50.0. The van der Waals surface area contributed by atoms with Crippen LogP contribution in [0.4, 0.5) is 10.5 Å². The number of carbonyl (C=O) groups is 3. The number of aromatic amines is 2. The van der Waals surface area contributed by atoms with Gasteiger partial charge in [0.2, 0.25) is 0 Å². The number of ether oxygens (including phenoxy) is 4. The molecule has 3 amide bonds. The number of anilines is 1. The SMILES string of the molecule is CC(C)(C)OC(=O)NCCOc1ccc2[nH]c(C(=O)N3C[C@@H](CCl)c4c3cc(OCc3ccccc3)c3[nH]c(C(=O)N5CCOCC5)cc43)cc2c1. The smallest absolute Gasteiger partial charge is 0.407 e. The Bertz CT molecular complexity index is 2100. The summed E-state index contributed by atoms with van der Waals surface area (Å²) < 4.78 is 23.0. The lowest BCUT2D eigenvalue weighted by Crippen LogP contribution is -2.40. The van der Waals surface area contributed by atoms with Gasteiger partial charge in [-0.1, -0.05) is 30.3 Å². The standard InChI is InChI=1S/C39H42ClN5O7/c1-39(2,3)52-38(48)41-11-14-50-27-9-10-29-25(17-27)18-30(42-29)37(47)45-22-26(21-40)34-28-19-31(36(46)44-12-15-49-16-13-44)43-35(28)33(20-32(34)45)51-23-24-7-5-4-6-8-24/h4-10,17-20,26,42-43H,11-16,21-23H2,1-3H3,(H,41,48)/t26-/m1/s1. The molecule has 0 aliphatic carbocycles. The van der Waals surface area contributed by atoms with E-state index in [0.717, 1.165) is 27.4 Å². The first-order valence-corrected chi connectivity index (χ1v) is 17.9. The molecular formula is C39H42ClN5O7. The van der Waals surface area contributed by atoms with Crippen LogP contribution < -0.4 is 19.7 Å². The maximum absolute atomic E-state index is 14.3. The molecular weight excluding hydrogens is 686 g/mol. The molecule has 0 unspecified atom stereocenters. The second kappa shape index (κ2) is 14.8. The van der Waals surface area contributed by atoms with Crippen LogP contribution in [0.15, 0.2) is 66.7 Å². The number of amides is 3. The van der Waals surface area contributed by atoms with Gasteiger partial charge in [-0.3, -0.25) is 9.59 Å². The van der Waals surface area contributed by atoms with Gasteiger partial charge in [-0.05, 0) is 62.2 Å². The van der Waals surface area contributed by atoms with E-state index in [1.807, 2.05) is 60.7 Å². The van der Waals surface area contributed by atoms with Gasteiger partial charge in [-0.25, -0.2) is 4.79 Å². The summed E-state index contributed by atoms with van der Waals surface area (Å²) in [7, 11) is 0. The number of hydrogen-bond donors (Lipinski definition) is 3. The number of nitrogens with one attached hydrogen (secondary N) is 3. The lowest BCUT2D eigenvalue weighted by Gasteiger charge is -2.26. The first-order chi connectivity index (χ1) is 25.1. The normalized spacial score (nSPS) is 15.9. The number of alkyl halides is 1. The molecule has 0 bridgehead atoms. The van der Waals surface area contributed by atoms with Gasteiger partial charge in [0.05, 0.1) is 31.0 Å². The van der Waals surface area contributed by atoms with Crippen LogP contribution >= 0.6 is 11.6 Å². The number of alkyl carbamates (subject to hydrolysis) is 1. The van der Waals surface area contributed by atoms with E-state index in [9.17, 15) is 14.4 Å². The molecule has 0 spiro atoms. The zero-order valence-electron chi connectivity index (χ0n) is 29.4. The van der Waals surface area contributed by atoms with Gasteiger partial charge in [0.25, 0.3) is 11.8 Å². The molecule has 52 heavy (non-hydrogen) atoms. The van der Waals surface area contributed by atoms with Gasteiger partial charge in [-0.2, -0.15) is 0 Å². The minimum absolute atomic E-state index is 0.114. The molecule has 0 saturated carbocycles. The Morgan fingerprint density at radius 3 is 2.46 bits per heavy atom. The highest BCUT2D eigenvalue weighted by Crippen LogP contribution is 2.46. The number of nitrogens with zero attached hydrogens (tertiary/aromatic N) is 2. The van der Waals surface area contributed by atoms with Crippen LogP contribution in [0.3, 0.4) is 0 Å². The predicted molar refractivity (Wildman–Crippen MR) is 199 cm³/mol. The second-order valence-corrected chi connectivity index (χ2v) is 14.2. The van der Waals surface area contributed by atoms with Crippen molar-refractivity contribution < 1.29 is 33.3 Å². The molecule has 2 aliphatic heterocycles. The number of halogens is 1. The second-order valence-electron chi connectivity index (χ2n) is 13.9. The van der Waals surface area contributed by atoms with Crippen molar-refractivity contribution >= 4 is 57.0 Å². The Kier molecular flexibility index (Phi) is 10.0. The van der Waals surface area contributed by atoms with Crippen LogP contribution in [-0.2, 0) is 16.1 Å². The molecule has 2 aliphatic rings. The summed E-state index contributed by atoms with van der Waals surface area (Å²) in [5.41, 5.74) is 4.31. The van der Waals surface area contributed by atoms with Crippen LogP contribution in [0.25, 0.3) is 21.8 Å². The average Bonchev–Trinajstić information content (AvgIpc) is 3.87. The van der Waals surface area contributed by atoms with Gasteiger partial charge >= 0.3 is 6.09 Å². The maximum Gasteiger partial charge on any atom is 0.407 e. The van der Waals surface area contributed by atoms with Crippen LogP contribution in [0.1, 0.15) is 58.8 Å². The fourth-order valence-corrected chi connectivity index (χ4v) is 6.90. The highest BCUT2D eigenvalue weighted by Gasteiger charge is 2.37. The van der Waals surface area contributed by atoms with Gasteiger partial charge in [0.15, 0.2) is 0 Å². The van der Waals surface area contributed by atoms with E-state index < -0.39 is 11.7 Å². The van der Waals surface area contributed by atoms with Crippen molar-refractivity contribution in [1.29, 1.82) is 0 Å². The van der Waals surface area contributed by atoms with E-state index in [0.29, 0.717) is 73.5 Å². The topological polar surface area (TPSA) is 138 Å². The lowest BCUT2D eigenvalue weighted by atomic mass is 9.98. The molecule has 3 aromatic carbocycles. The van der Waals surface area contributed by atoms with Crippen LogP contribution in [0.5, 0.6) is 11.5 Å². The van der Waals surface area contributed by atoms with Crippen molar-refractivity contribution in [2.24, 2.45) is 0 Å². The highest BCUT2D eigenvalue weighted by molar-refractivity contribution is 6.19. The van der Waals surface area contributed by atoms with Crippen LogP contribution in [-0.4, -0.2) is 90.3 Å². The number of benzene rings is 3. The van der Waals surface area contributed by atoms with Gasteiger partial charge in [0.1, 0.15) is 41.7 Å². The zero-order valence-corrected chi connectivity index (χ0v) is 30.2. The van der Waals surface area contributed by atoms with Crippen LogP contribution in [0, 0.1) is 0 Å². The van der Waals surface area contributed by atoms with E-state index in [1.165, 1.54) is 0 Å². The van der Waals surface area contributed by atoms with Crippen molar-refractivity contribution in [2.45, 2.75) is 38.9 Å². The average molecular weight is 728 g/mol. The summed E-state index contributed by atoms with van der Waals surface area (Å²) >= 11 is 6.58. The molecule has 3 N–H and O–H groups in total. The number of carbonyl (C=O) groups excluding carboxylic acids is 3. The van der Waals surface area contributed by atoms with Gasteiger partial charge in [-0.15, -0.1) is 11.6 Å². The number of fused-ring (bicyclic) bond motifs is 4. The molecule has 4 heterocycles. The van der Waals surface area contributed by atoms with Crippen molar-refractivity contribution in [3.63, 3.8) is 0 Å². The van der Waals surface area contributed by atoms with Crippen LogP contribution in [0.2, 0.25) is 0 Å². The van der Waals surface area contributed by atoms with Gasteiger partial charge < -0.3 is 44.0 Å². The number of aromatic nitrogens is 2. The molecule has 1 fully saturated rings. The number of morpholine rings is 1. The Balaban J connectivity index is 1.16. The van der Waals surface area contributed by atoms with Gasteiger partial charge in [0, 0.05) is 53.8 Å². The minimum Gasteiger partial charge on any atom is -0.492 e.